The summed E-state index contributed by atoms with van der Waals surface area (Å²) in [5, 5.41) is 11.2. The molecule has 0 aliphatic heterocycles. The fraction of sp³-hybridized carbons (Fsp3) is 0.389. The van der Waals surface area contributed by atoms with Crippen molar-refractivity contribution in [2.75, 3.05) is 5.32 Å². The third kappa shape index (κ3) is 3.04. The molecule has 5 nitrogen and oxygen atoms in total. The highest BCUT2D eigenvalue weighted by atomic mass is 16.2. The van der Waals surface area contributed by atoms with E-state index in [1.54, 1.807) is 17.2 Å². The van der Waals surface area contributed by atoms with Gasteiger partial charge in [-0.1, -0.05) is 25.5 Å². The summed E-state index contributed by atoms with van der Waals surface area (Å²) in [6.07, 6.45) is 5.47. The van der Waals surface area contributed by atoms with Gasteiger partial charge in [-0.2, -0.15) is 15.0 Å². The number of hydrogen-bond donors (Lipinski definition) is 1. The molecule has 2 aromatic rings. The molecule has 3 rings (SSSR count). The van der Waals surface area contributed by atoms with Crippen LogP contribution in [0.1, 0.15) is 27.7 Å². The molecule has 1 amide bonds. The Morgan fingerprint density at radius 3 is 2.35 bits per heavy atom. The molecular formula is C18H22N4O. The summed E-state index contributed by atoms with van der Waals surface area (Å²) >= 11 is 0. The van der Waals surface area contributed by atoms with Crippen LogP contribution in [0.25, 0.3) is 5.69 Å². The van der Waals surface area contributed by atoms with Crippen LogP contribution in [0.3, 0.4) is 0 Å². The maximum atomic E-state index is 12.5. The zero-order chi connectivity index (χ0) is 16.6. The third-order valence-electron chi connectivity index (χ3n) is 4.49. The molecule has 1 aromatic heterocycles. The number of nitrogens with zero attached hydrogens (tertiary/aromatic N) is 3. The lowest BCUT2D eigenvalue weighted by molar-refractivity contribution is -0.118. The Bertz CT molecular complexity index is 725. The molecule has 1 N–H and O–H groups in total. The average Bonchev–Trinajstić information content (AvgIpc) is 2.88. The van der Waals surface area contributed by atoms with Crippen LogP contribution in [0.2, 0.25) is 0 Å². The zero-order valence-corrected chi connectivity index (χ0v) is 13.9. The minimum Gasteiger partial charge on any atom is -0.326 e. The molecule has 1 aromatic carbocycles. The largest absolute Gasteiger partial charge is 0.326 e. The van der Waals surface area contributed by atoms with E-state index in [2.05, 4.69) is 49.3 Å². The number of hydrogen-bond acceptors (Lipinski definition) is 3. The fourth-order valence-corrected chi connectivity index (χ4v) is 3.10. The topological polar surface area (TPSA) is 59.8 Å². The van der Waals surface area contributed by atoms with Crippen LogP contribution in [0.4, 0.5) is 5.69 Å². The lowest BCUT2D eigenvalue weighted by Crippen LogP contribution is -2.16. The van der Waals surface area contributed by atoms with Gasteiger partial charge in [0.15, 0.2) is 0 Å². The maximum absolute atomic E-state index is 12.5. The first-order chi connectivity index (χ1) is 10.9. The van der Waals surface area contributed by atoms with Crippen LogP contribution < -0.4 is 5.32 Å². The highest BCUT2D eigenvalue weighted by Crippen LogP contribution is 2.59. The van der Waals surface area contributed by atoms with Gasteiger partial charge in [0.05, 0.1) is 24.0 Å². The van der Waals surface area contributed by atoms with E-state index in [4.69, 9.17) is 0 Å². The van der Waals surface area contributed by atoms with Crippen LogP contribution in [-0.2, 0) is 4.79 Å². The SMILES string of the molecule is CC(C)=C[C@@H]1[C@@H](C(=O)Nc2ccc(-n3nccn3)cc2)C1(C)C. The van der Waals surface area contributed by atoms with E-state index in [9.17, 15) is 4.79 Å². The molecule has 0 radical (unpaired) electrons. The molecule has 0 spiro atoms. The van der Waals surface area contributed by atoms with Crippen molar-refractivity contribution < 1.29 is 4.79 Å². The number of carbonyl (C=O) groups excluding carboxylic acids is 1. The highest BCUT2D eigenvalue weighted by Gasteiger charge is 2.60. The first-order valence-electron chi connectivity index (χ1n) is 7.82. The van der Waals surface area contributed by atoms with E-state index in [1.165, 1.54) is 5.57 Å². The van der Waals surface area contributed by atoms with E-state index >= 15 is 0 Å². The first kappa shape index (κ1) is 15.5. The number of amides is 1. The van der Waals surface area contributed by atoms with Crippen LogP contribution in [0, 0.1) is 17.3 Å². The third-order valence-corrected chi connectivity index (χ3v) is 4.49. The van der Waals surface area contributed by atoms with Crippen molar-refractivity contribution in [1.29, 1.82) is 0 Å². The number of aromatic nitrogens is 3. The van der Waals surface area contributed by atoms with Crippen molar-refractivity contribution in [2.24, 2.45) is 17.3 Å². The van der Waals surface area contributed by atoms with Gasteiger partial charge in [0.1, 0.15) is 0 Å². The van der Waals surface area contributed by atoms with Gasteiger partial charge in [0, 0.05) is 5.69 Å². The Labute approximate surface area is 136 Å². The maximum Gasteiger partial charge on any atom is 0.228 e. The smallest absolute Gasteiger partial charge is 0.228 e. The minimum atomic E-state index is 0.0281. The predicted molar refractivity (Wildman–Crippen MR) is 90.2 cm³/mol. The normalized spacial score (nSPS) is 21.6. The fourth-order valence-electron chi connectivity index (χ4n) is 3.10. The summed E-state index contributed by atoms with van der Waals surface area (Å²) in [4.78, 5) is 14.1. The molecule has 1 aliphatic rings. The molecule has 5 heteroatoms. The van der Waals surface area contributed by atoms with Gasteiger partial charge in [-0.25, -0.2) is 0 Å². The van der Waals surface area contributed by atoms with Gasteiger partial charge in [-0.05, 0) is 49.4 Å². The molecule has 2 atom stereocenters. The second-order valence-corrected chi connectivity index (χ2v) is 6.92. The molecule has 120 valence electrons. The Morgan fingerprint density at radius 1 is 1.17 bits per heavy atom. The van der Waals surface area contributed by atoms with Crippen molar-refractivity contribution >= 4 is 11.6 Å². The van der Waals surface area contributed by atoms with Crippen LogP contribution in [0.15, 0.2) is 48.3 Å². The Morgan fingerprint density at radius 2 is 1.78 bits per heavy atom. The van der Waals surface area contributed by atoms with Crippen molar-refractivity contribution in [3.8, 4) is 5.69 Å². The quantitative estimate of drug-likeness (QED) is 0.880. The number of nitrogens with one attached hydrogen (secondary N) is 1. The van der Waals surface area contributed by atoms with Crippen LogP contribution >= 0.6 is 0 Å². The number of benzene rings is 1. The van der Waals surface area contributed by atoms with Crippen LogP contribution in [0.5, 0.6) is 0 Å². The van der Waals surface area contributed by atoms with Crippen molar-refractivity contribution in [2.45, 2.75) is 27.7 Å². The lowest BCUT2D eigenvalue weighted by atomic mass is 10.1. The monoisotopic (exact) mass is 310 g/mol. The molecule has 0 saturated heterocycles. The zero-order valence-electron chi connectivity index (χ0n) is 13.9. The number of carbonyl (C=O) groups is 1. The molecule has 1 fully saturated rings. The highest BCUT2D eigenvalue weighted by molar-refractivity contribution is 5.95. The van der Waals surface area contributed by atoms with E-state index in [1.807, 2.05) is 24.3 Å². The average molecular weight is 310 g/mol. The van der Waals surface area contributed by atoms with Gasteiger partial charge < -0.3 is 5.32 Å². The Kier molecular flexibility index (Phi) is 3.80. The second kappa shape index (κ2) is 5.65. The van der Waals surface area contributed by atoms with E-state index < -0.39 is 0 Å². The summed E-state index contributed by atoms with van der Waals surface area (Å²) in [5.41, 5.74) is 2.95. The summed E-state index contributed by atoms with van der Waals surface area (Å²) in [6.45, 7) is 8.44. The van der Waals surface area contributed by atoms with Gasteiger partial charge >= 0.3 is 0 Å². The second-order valence-electron chi connectivity index (χ2n) is 6.92. The lowest BCUT2D eigenvalue weighted by Gasteiger charge is -2.07. The molecular weight excluding hydrogens is 288 g/mol. The van der Waals surface area contributed by atoms with Gasteiger partial charge in [-0.3, -0.25) is 4.79 Å². The summed E-state index contributed by atoms with van der Waals surface area (Å²) < 4.78 is 0. The Hall–Kier alpha value is -2.43. The van der Waals surface area contributed by atoms with Crippen molar-refractivity contribution in [1.82, 2.24) is 15.0 Å². The molecule has 0 bridgehead atoms. The summed E-state index contributed by atoms with van der Waals surface area (Å²) in [7, 11) is 0. The molecule has 1 aliphatic carbocycles. The Balaban J connectivity index is 1.68. The number of anilines is 1. The minimum absolute atomic E-state index is 0.0281. The van der Waals surface area contributed by atoms with Crippen molar-refractivity contribution in [3.63, 3.8) is 0 Å². The standard InChI is InChI=1S/C18H22N4O/c1-12(2)11-15-16(18(15,3)4)17(23)21-13-5-7-14(8-6-13)22-19-9-10-20-22/h5-11,15-16H,1-4H3,(H,21,23)/t15-,16+/m1/s1. The van der Waals surface area contributed by atoms with Gasteiger partial charge in [-0.15, -0.1) is 0 Å². The summed E-state index contributed by atoms with van der Waals surface area (Å²) in [6, 6.07) is 7.53. The summed E-state index contributed by atoms with van der Waals surface area (Å²) in [5.74, 6) is 0.437. The van der Waals surface area contributed by atoms with Gasteiger partial charge in [0.25, 0.3) is 0 Å². The van der Waals surface area contributed by atoms with Crippen molar-refractivity contribution in [3.05, 3.63) is 48.3 Å². The molecule has 1 heterocycles. The van der Waals surface area contributed by atoms with E-state index in [-0.39, 0.29) is 17.2 Å². The number of rotatable bonds is 4. The molecule has 23 heavy (non-hydrogen) atoms. The van der Waals surface area contributed by atoms with E-state index in [0.29, 0.717) is 5.92 Å². The van der Waals surface area contributed by atoms with Crippen LogP contribution in [-0.4, -0.2) is 20.9 Å². The molecule has 1 saturated carbocycles. The van der Waals surface area contributed by atoms with Gasteiger partial charge in [0.2, 0.25) is 5.91 Å². The molecule has 0 unspecified atom stereocenters. The first-order valence-corrected chi connectivity index (χ1v) is 7.82. The number of allylic oxidation sites excluding steroid dienone is 2. The predicted octanol–water partition coefficient (Wildman–Crippen LogP) is 3.44. The van der Waals surface area contributed by atoms with E-state index in [0.717, 1.165) is 11.4 Å².